The van der Waals surface area contributed by atoms with Gasteiger partial charge in [-0.1, -0.05) is 43.2 Å². The summed E-state index contributed by atoms with van der Waals surface area (Å²) in [7, 11) is 1.38. The second-order valence-corrected chi connectivity index (χ2v) is 11.1. The Bertz CT molecular complexity index is 1280. The molecule has 0 unspecified atom stereocenters. The summed E-state index contributed by atoms with van der Waals surface area (Å²) in [5, 5.41) is 1.10. The number of carbonyl (C=O) groups is 1. The normalized spacial score (nSPS) is 17.1. The van der Waals surface area contributed by atoms with Crippen LogP contribution < -0.4 is 9.64 Å². The largest absolute Gasteiger partial charge is 0.494 e. The van der Waals surface area contributed by atoms with Crippen molar-refractivity contribution in [3.05, 3.63) is 71.9 Å². The van der Waals surface area contributed by atoms with Crippen LogP contribution in [0, 0.1) is 0 Å². The number of aromatic nitrogens is 1. The summed E-state index contributed by atoms with van der Waals surface area (Å²) >= 11 is 0. The maximum Gasteiger partial charge on any atom is 0.330 e. The second kappa shape index (κ2) is 15.0. The Hall–Kier alpha value is -3.42. The van der Waals surface area contributed by atoms with E-state index in [4.69, 9.17) is 14.5 Å². The molecule has 0 aliphatic carbocycles. The Morgan fingerprint density at radius 1 is 0.854 bits per heavy atom. The predicted molar refractivity (Wildman–Crippen MR) is 167 cm³/mol. The molecular weight excluding hydrogens is 512 g/mol. The van der Waals surface area contributed by atoms with Crippen molar-refractivity contribution >= 4 is 28.6 Å². The molecule has 41 heavy (non-hydrogen) atoms. The third-order valence-electron chi connectivity index (χ3n) is 8.25. The number of carbonyl (C=O) groups excluding carboxylic acids is 1. The van der Waals surface area contributed by atoms with Gasteiger partial charge >= 0.3 is 5.97 Å². The van der Waals surface area contributed by atoms with E-state index in [1.807, 2.05) is 6.07 Å². The molecule has 0 atom stereocenters. The fourth-order valence-corrected chi connectivity index (χ4v) is 5.81. The van der Waals surface area contributed by atoms with Crippen LogP contribution in [0.2, 0.25) is 0 Å². The first kappa shape index (κ1) is 29.1. The number of para-hydroxylation sites is 1. The van der Waals surface area contributed by atoms with E-state index in [9.17, 15) is 4.79 Å². The number of likely N-dealkylation sites (tertiary alicyclic amines) is 1. The van der Waals surface area contributed by atoms with Crippen molar-refractivity contribution in [2.45, 2.75) is 38.5 Å². The molecule has 2 saturated heterocycles. The van der Waals surface area contributed by atoms with Gasteiger partial charge in [0, 0.05) is 50.7 Å². The number of pyridine rings is 1. The molecule has 0 radical (unpaired) electrons. The first-order valence-corrected chi connectivity index (χ1v) is 15.3. The molecule has 3 aromatic rings. The van der Waals surface area contributed by atoms with Crippen LogP contribution in [0.25, 0.3) is 17.0 Å². The van der Waals surface area contributed by atoms with Gasteiger partial charge in [-0.25, -0.2) is 9.78 Å². The van der Waals surface area contributed by atoms with Crippen LogP contribution in [0.15, 0.2) is 60.7 Å². The van der Waals surface area contributed by atoms with Crippen molar-refractivity contribution in [3.8, 4) is 5.75 Å². The molecule has 2 aliphatic heterocycles. The lowest BCUT2D eigenvalue weighted by atomic mass is 10.1. The molecule has 0 spiro atoms. The zero-order valence-corrected chi connectivity index (χ0v) is 24.5. The van der Waals surface area contributed by atoms with E-state index in [1.165, 1.54) is 57.5 Å². The van der Waals surface area contributed by atoms with Crippen molar-refractivity contribution in [2.75, 3.05) is 71.0 Å². The minimum absolute atomic E-state index is 0.380. The summed E-state index contributed by atoms with van der Waals surface area (Å²) < 4.78 is 10.7. The van der Waals surface area contributed by atoms with Crippen LogP contribution in [-0.2, 0) is 16.0 Å². The van der Waals surface area contributed by atoms with Crippen LogP contribution in [0.5, 0.6) is 5.75 Å². The molecule has 7 nitrogen and oxygen atoms in total. The van der Waals surface area contributed by atoms with Crippen LogP contribution in [0.3, 0.4) is 0 Å². The Morgan fingerprint density at radius 3 is 2.37 bits per heavy atom. The van der Waals surface area contributed by atoms with Gasteiger partial charge in [0.2, 0.25) is 0 Å². The summed E-state index contributed by atoms with van der Waals surface area (Å²) in [6.45, 7) is 9.48. The summed E-state index contributed by atoms with van der Waals surface area (Å²) in [6, 6.07) is 19.0. The summed E-state index contributed by atoms with van der Waals surface area (Å²) in [5.74, 6) is 0.598. The van der Waals surface area contributed by atoms with Gasteiger partial charge in [-0.2, -0.15) is 0 Å². The van der Waals surface area contributed by atoms with E-state index in [2.05, 4.69) is 63.2 Å². The van der Waals surface area contributed by atoms with Gasteiger partial charge in [-0.05, 0) is 74.7 Å². The quantitative estimate of drug-likeness (QED) is 0.177. The third-order valence-corrected chi connectivity index (χ3v) is 8.25. The summed E-state index contributed by atoms with van der Waals surface area (Å²) in [5.41, 5.74) is 4.23. The monoisotopic (exact) mass is 556 g/mol. The van der Waals surface area contributed by atoms with Crippen molar-refractivity contribution < 1.29 is 14.3 Å². The van der Waals surface area contributed by atoms with Crippen molar-refractivity contribution in [1.82, 2.24) is 14.8 Å². The molecule has 1 aromatic heterocycles. The lowest BCUT2D eigenvalue weighted by Crippen LogP contribution is -2.47. The fourth-order valence-electron chi connectivity index (χ4n) is 5.81. The first-order chi connectivity index (χ1) is 20.2. The molecule has 0 amide bonds. The van der Waals surface area contributed by atoms with Gasteiger partial charge in [0.25, 0.3) is 0 Å². The van der Waals surface area contributed by atoms with Gasteiger partial charge in [0.15, 0.2) is 0 Å². The lowest BCUT2D eigenvalue weighted by molar-refractivity contribution is -0.134. The Balaban J connectivity index is 1.06. The zero-order chi connectivity index (χ0) is 28.3. The van der Waals surface area contributed by atoms with Crippen LogP contribution in [-0.4, -0.2) is 86.8 Å². The highest BCUT2D eigenvalue weighted by Gasteiger charge is 2.19. The second-order valence-electron chi connectivity index (χ2n) is 11.1. The van der Waals surface area contributed by atoms with E-state index in [-0.39, 0.29) is 5.97 Å². The number of piperazine rings is 1. The van der Waals surface area contributed by atoms with Gasteiger partial charge < -0.3 is 19.3 Å². The Morgan fingerprint density at radius 2 is 1.61 bits per heavy atom. The van der Waals surface area contributed by atoms with E-state index in [0.717, 1.165) is 86.8 Å². The molecule has 2 aromatic carbocycles. The number of nitrogens with zero attached hydrogens (tertiary/aromatic N) is 4. The van der Waals surface area contributed by atoms with Crippen LogP contribution in [0.4, 0.5) is 5.69 Å². The zero-order valence-electron chi connectivity index (χ0n) is 24.5. The smallest absolute Gasteiger partial charge is 0.330 e. The molecule has 7 heteroatoms. The Labute approximate surface area is 244 Å². The predicted octanol–water partition coefficient (Wildman–Crippen LogP) is 5.43. The van der Waals surface area contributed by atoms with E-state index in [0.29, 0.717) is 0 Å². The Kier molecular flexibility index (Phi) is 10.6. The average Bonchev–Trinajstić information content (AvgIpc) is 3.30. The van der Waals surface area contributed by atoms with Gasteiger partial charge in [-0.3, -0.25) is 4.90 Å². The standard InChI is InChI=1S/C34H44N4O3/c1-40-33(39)17-14-30-13-12-29-8-6-9-32(34(29)35-30)38-25-23-37(24-26-38)22-18-28-10-15-31(16-11-28)41-27-7-21-36-19-4-2-3-5-20-36/h6,8-17H,2-5,7,18-27H2,1H3/b17-14+. The molecule has 0 N–H and O–H groups in total. The maximum atomic E-state index is 11.5. The van der Waals surface area contributed by atoms with Crippen molar-refractivity contribution in [2.24, 2.45) is 0 Å². The van der Waals surface area contributed by atoms with Crippen molar-refractivity contribution in [3.63, 3.8) is 0 Å². The van der Waals surface area contributed by atoms with E-state index < -0.39 is 0 Å². The topological polar surface area (TPSA) is 58.1 Å². The maximum absolute atomic E-state index is 11.5. The number of anilines is 1. The first-order valence-electron chi connectivity index (χ1n) is 15.3. The molecular formula is C34H44N4O3. The highest BCUT2D eigenvalue weighted by atomic mass is 16.5. The minimum atomic E-state index is -0.380. The molecule has 3 heterocycles. The number of fused-ring (bicyclic) bond motifs is 1. The van der Waals surface area contributed by atoms with Gasteiger partial charge in [0.1, 0.15) is 5.75 Å². The van der Waals surface area contributed by atoms with Crippen LogP contribution in [0.1, 0.15) is 43.4 Å². The SMILES string of the molecule is COC(=O)/C=C/c1ccc2cccc(N3CCN(CCc4ccc(OCCCN5CCCCCC5)cc4)CC3)c2n1. The number of hydrogen-bond donors (Lipinski definition) is 0. The number of ether oxygens (including phenoxy) is 2. The molecule has 0 bridgehead atoms. The van der Waals surface area contributed by atoms with Gasteiger partial charge in [0.05, 0.1) is 30.6 Å². The van der Waals surface area contributed by atoms with Crippen LogP contribution >= 0.6 is 0 Å². The summed E-state index contributed by atoms with van der Waals surface area (Å²) in [4.78, 5) is 23.9. The van der Waals surface area contributed by atoms with E-state index >= 15 is 0 Å². The van der Waals surface area contributed by atoms with Crippen molar-refractivity contribution in [1.29, 1.82) is 0 Å². The average molecular weight is 557 g/mol. The summed E-state index contributed by atoms with van der Waals surface area (Å²) in [6.07, 6.45) is 10.7. The molecule has 2 fully saturated rings. The van der Waals surface area contributed by atoms with E-state index in [1.54, 1.807) is 6.08 Å². The number of rotatable bonds is 11. The molecule has 5 rings (SSSR count). The lowest BCUT2D eigenvalue weighted by Gasteiger charge is -2.36. The number of esters is 1. The number of methoxy groups -OCH3 is 1. The third kappa shape index (κ3) is 8.54. The number of hydrogen-bond acceptors (Lipinski definition) is 7. The number of benzene rings is 2. The molecule has 0 saturated carbocycles. The molecule has 218 valence electrons. The minimum Gasteiger partial charge on any atom is -0.494 e. The fraction of sp³-hybridized carbons (Fsp3) is 0.471. The highest BCUT2D eigenvalue weighted by Crippen LogP contribution is 2.27. The highest BCUT2D eigenvalue weighted by molar-refractivity contribution is 5.92. The molecule has 2 aliphatic rings. The van der Waals surface area contributed by atoms with Gasteiger partial charge in [-0.15, -0.1) is 0 Å².